The van der Waals surface area contributed by atoms with Gasteiger partial charge in [0, 0.05) is 12.7 Å². The van der Waals surface area contributed by atoms with E-state index in [0.717, 1.165) is 25.9 Å². The van der Waals surface area contributed by atoms with E-state index in [9.17, 15) is 8.42 Å². The summed E-state index contributed by atoms with van der Waals surface area (Å²) < 4.78 is 26.4. The van der Waals surface area contributed by atoms with Crippen LogP contribution in [0, 0.1) is 5.92 Å². The van der Waals surface area contributed by atoms with E-state index in [2.05, 4.69) is 15.0 Å². The van der Waals surface area contributed by atoms with Crippen LogP contribution in [0.5, 0.6) is 0 Å². The zero-order valence-electron chi connectivity index (χ0n) is 10.3. The van der Waals surface area contributed by atoms with Crippen molar-refractivity contribution < 1.29 is 8.42 Å². The van der Waals surface area contributed by atoms with Gasteiger partial charge in [-0.25, -0.2) is 13.1 Å². The molecule has 2 N–H and O–H groups in total. The fourth-order valence-electron chi connectivity index (χ4n) is 2.06. The quantitative estimate of drug-likeness (QED) is 0.816. The summed E-state index contributed by atoms with van der Waals surface area (Å²) in [5.74, 6) is 0.406. The normalized spacial score (nSPS) is 17.8. The molecule has 0 bridgehead atoms. The van der Waals surface area contributed by atoms with E-state index >= 15 is 0 Å². The molecule has 0 aromatic carbocycles. The van der Waals surface area contributed by atoms with Crippen LogP contribution in [0.25, 0.3) is 0 Å². The highest BCUT2D eigenvalue weighted by atomic mass is 32.2. The summed E-state index contributed by atoms with van der Waals surface area (Å²) in [6.07, 6.45) is 3.68. The first-order valence-electron chi connectivity index (χ1n) is 6.24. The Kier molecular flexibility index (Phi) is 4.68. The second-order valence-electron chi connectivity index (χ2n) is 4.62. The highest BCUT2D eigenvalue weighted by Gasteiger charge is 2.17. The van der Waals surface area contributed by atoms with Crippen molar-refractivity contribution in [2.75, 3.05) is 19.6 Å². The van der Waals surface area contributed by atoms with Crippen LogP contribution in [0.15, 0.2) is 24.4 Å². The average molecular weight is 269 g/mol. The van der Waals surface area contributed by atoms with Crippen LogP contribution in [0.3, 0.4) is 0 Å². The van der Waals surface area contributed by atoms with Gasteiger partial charge in [-0.15, -0.1) is 0 Å². The molecule has 2 heterocycles. The van der Waals surface area contributed by atoms with Gasteiger partial charge in [0.15, 0.2) is 0 Å². The number of pyridine rings is 1. The minimum atomic E-state index is -3.27. The smallest absolute Gasteiger partial charge is 0.217 e. The summed E-state index contributed by atoms with van der Waals surface area (Å²) in [6.45, 7) is 2.50. The number of nitrogens with zero attached hydrogens (tertiary/aromatic N) is 1. The Bertz CT molecular complexity index is 455. The van der Waals surface area contributed by atoms with E-state index in [0.29, 0.717) is 18.2 Å². The van der Waals surface area contributed by atoms with Crippen molar-refractivity contribution in [3.05, 3.63) is 30.1 Å². The van der Waals surface area contributed by atoms with Crippen LogP contribution >= 0.6 is 0 Å². The number of aromatic nitrogens is 1. The molecule has 1 aromatic heterocycles. The Labute approximate surface area is 108 Å². The maximum atomic E-state index is 11.9. The highest BCUT2D eigenvalue weighted by molar-refractivity contribution is 7.88. The molecule has 18 heavy (non-hydrogen) atoms. The number of nitrogens with one attached hydrogen (secondary N) is 2. The third-order valence-corrected chi connectivity index (χ3v) is 4.40. The Morgan fingerprint density at radius 3 is 2.78 bits per heavy atom. The van der Waals surface area contributed by atoms with Gasteiger partial charge in [0.1, 0.15) is 5.75 Å². The van der Waals surface area contributed by atoms with Crippen LogP contribution in [0.2, 0.25) is 0 Å². The van der Waals surface area contributed by atoms with Crippen molar-refractivity contribution in [1.29, 1.82) is 0 Å². The van der Waals surface area contributed by atoms with Gasteiger partial charge in [0.25, 0.3) is 0 Å². The summed E-state index contributed by atoms with van der Waals surface area (Å²) in [5, 5.41) is 3.26. The van der Waals surface area contributed by atoms with Gasteiger partial charge in [-0.2, -0.15) is 0 Å². The molecule has 0 aliphatic carbocycles. The molecule has 0 saturated carbocycles. The molecule has 6 heteroatoms. The van der Waals surface area contributed by atoms with E-state index in [-0.39, 0.29) is 5.75 Å². The first kappa shape index (κ1) is 13.5. The molecule has 1 saturated heterocycles. The Morgan fingerprint density at radius 2 is 2.11 bits per heavy atom. The molecule has 0 unspecified atom stereocenters. The predicted octanol–water partition coefficient (Wildman–Crippen LogP) is 0.501. The average Bonchev–Trinajstić information content (AvgIpc) is 2.38. The van der Waals surface area contributed by atoms with E-state index < -0.39 is 10.0 Å². The van der Waals surface area contributed by atoms with Crippen LogP contribution in [0.1, 0.15) is 18.5 Å². The molecule has 0 atom stereocenters. The summed E-state index contributed by atoms with van der Waals surface area (Å²) >= 11 is 0. The van der Waals surface area contributed by atoms with Gasteiger partial charge in [-0.1, -0.05) is 6.07 Å². The standard InChI is InChI=1S/C12H19N3O2S/c16-18(17,10-12-3-1-2-6-14-12)15-9-11-4-7-13-8-5-11/h1-3,6,11,13,15H,4-5,7-10H2. The third kappa shape index (κ3) is 4.36. The van der Waals surface area contributed by atoms with Crippen molar-refractivity contribution in [3.63, 3.8) is 0 Å². The van der Waals surface area contributed by atoms with Gasteiger partial charge < -0.3 is 5.32 Å². The van der Waals surface area contributed by atoms with Gasteiger partial charge in [0.05, 0.1) is 5.69 Å². The molecule has 0 radical (unpaired) electrons. The molecule has 1 aliphatic heterocycles. The monoisotopic (exact) mass is 269 g/mol. The van der Waals surface area contributed by atoms with Crippen LogP contribution in [-0.2, 0) is 15.8 Å². The molecule has 1 aromatic rings. The summed E-state index contributed by atoms with van der Waals surface area (Å²) in [7, 11) is -3.27. The lowest BCUT2D eigenvalue weighted by Crippen LogP contribution is -2.36. The molecule has 0 amide bonds. The lowest BCUT2D eigenvalue weighted by atomic mass is 9.99. The number of hydrogen-bond donors (Lipinski definition) is 2. The molecular formula is C12H19N3O2S. The maximum Gasteiger partial charge on any atom is 0.217 e. The van der Waals surface area contributed by atoms with Gasteiger partial charge in [0.2, 0.25) is 10.0 Å². The minimum absolute atomic E-state index is 0.0428. The summed E-state index contributed by atoms with van der Waals surface area (Å²) in [4.78, 5) is 4.03. The molecule has 5 nitrogen and oxygen atoms in total. The van der Waals surface area contributed by atoms with Crippen molar-refractivity contribution >= 4 is 10.0 Å². The number of piperidine rings is 1. The molecule has 100 valence electrons. The first-order chi connectivity index (χ1) is 8.66. The Morgan fingerprint density at radius 1 is 1.33 bits per heavy atom. The molecule has 2 rings (SSSR count). The Balaban J connectivity index is 1.83. The Hall–Kier alpha value is -0.980. The van der Waals surface area contributed by atoms with Crippen molar-refractivity contribution in [1.82, 2.24) is 15.0 Å². The number of rotatable bonds is 5. The van der Waals surface area contributed by atoms with Crippen LogP contribution in [0.4, 0.5) is 0 Å². The van der Waals surface area contributed by atoms with Gasteiger partial charge >= 0.3 is 0 Å². The number of sulfonamides is 1. The van der Waals surface area contributed by atoms with Crippen LogP contribution in [-0.4, -0.2) is 33.0 Å². The SMILES string of the molecule is O=S(=O)(Cc1ccccn1)NCC1CCNCC1. The first-order valence-corrected chi connectivity index (χ1v) is 7.89. The topological polar surface area (TPSA) is 71.1 Å². The minimum Gasteiger partial charge on any atom is -0.317 e. The highest BCUT2D eigenvalue weighted by Crippen LogP contribution is 2.11. The molecule has 1 aliphatic rings. The largest absolute Gasteiger partial charge is 0.317 e. The predicted molar refractivity (Wildman–Crippen MR) is 70.5 cm³/mol. The van der Waals surface area contributed by atoms with E-state index in [1.807, 2.05) is 0 Å². The third-order valence-electron chi connectivity index (χ3n) is 3.11. The maximum absolute atomic E-state index is 11.9. The summed E-state index contributed by atoms with van der Waals surface area (Å²) in [6, 6.07) is 5.30. The van der Waals surface area contributed by atoms with E-state index in [1.165, 1.54) is 0 Å². The zero-order chi connectivity index (χ0) is 12.8. The van der Waals surface area contributed by atoms with Crippen LogP contribution < -0.4 is 10.0 Å². The van der Waals surface area contributed by atoms with Crippen molar-refractivity contribution in [2.45, 2.75) is 18.6 Å². The van der Waals surface area contributed by atoms with Gasteiger partial charge in [-0.05, 0) is 44.0 Å². The van der Waals surface area contributed by atoms with E-state index in [4.69, 9.17) is 0 Å². The lowest BCUT2D eigenvalue weighted by molar-refractivity contribution is 0.372. The van der Waals surface area contributed by atoms with Crippen molar-refractivity contribution in [3.8, 4) is 0 Å². The second kappa shape index (κ2) is 6.26. The lowest BCUT2D eigenvalue weighted by Gasteiger charge is -2.22. The molecular weight excluding hydrogens is 250 g/mol. The molecule has 0 spiro atoms. The molecule has 1 fully saturated rings. The zero-order valence-corrected chi connectivity index (χ0v) is 11.1. The van der Waals surface area contributed by atoms with E-state index in [1.54, 1.807) is 24.4 Å². The number of hydrogen-bond acceptors (Lipinski definition) is 4. The van der Waals surface area contributed by atoms with Gasteiger partial charge in [-0.3, -0.25) is 4.98 Å². The summed E-state index contributed by atoms with van der Waals surface area (Å²) in [5.41, 5.74) is 0.579. The van der Waals surface area contributed by atoms with Crippen molar-refractivity contribution in [2.24, 2.45) is 5.92 Å². The fourth-order valence-corrected chi connectivity index (χ4v) is 3.21. The fraction of sp³-hybridized carbons (Fsp3) is 0.583. The second-order valence-corrected chi connectivity index (χ2v) is 6.43.